The Morgan fingerprint density at radius 1 is 0.478 bits per heavy atom. The highest BCUT2D eigenvalue weighted by atomic mass is 31.1. The minimum Gasteiger partial charge on any atom is -0.456 e. The van der Waals surface area contributed by atoms with Crippen molar-refractivity contribution in [3.63, 3.8) is 0 Å². The summed E-state index contributed by atoms with van der Waals surface area (Å²) in [5.74, 6) is 5.52. The Kier molecular flexibility index (Phi) is 6.81. The van der Waals surface area contributed by atoms with Gasteiger partial charge in [-0.15, -0.1) is 0 Å². The van der Waals surface area contributed by atoms with E-state index in [1.165, 1.54) is 21.2 Å². The number of fused-ring (bicyclic) bond motifs is 6. The summed E-state index contributed by atoms with van der Waals surface area (Å²) in [5.41, 5.74) is 6.68. The van der Waals surface area contributed by atoms with Gasteiger partial charge >= 0.3 is 0 Å². The molecular formula is C40H31NO3P2. The second kappa shape index (κ2) is 11.3. The summed E-state index contributed by atoms with van der Waals surface area (Å²) in [6.45, 7) is 3.15. The van der Waals surface area contributed by atoms with Crippen LogP contribution < -0.4 is 40.3 Å². The summed E-state index contributed by atoms with van der Waals surface area (Å²) in [6, 6.07) is 42.6. The van der Waals surface area contributed by atoms with Gasteiger partial charge in [0.25, 0.3) is 0 Å². The van der Waals surface area contributed by atoms with Crippen molar-refractivity contribution in [2.75, 3.05) is 11.4 Å². The molecule has 2 unspecified atom stereocenters. The molecule has 0 N–H and O–H groups in total. The molecule has 6 heteroatoms. The number of ether oxygens (including phenoxy) is 3. The van der Waals surface area contributed by atoms with Crippen molar-refractivity contribution < 1.29 is 14.2 Å². The largest absolute Gasteiger partial charge is 0.456 e. The number of benzene rings is 6. The Balaban J connectivity index is 1.20. The van der Waals surface area contributed by atoms with Crippen molar-refractivity contribution in [2.24, 2.45) is 0 Å². The van der Waals surface area contributed by atoms with Crippen molar-refractivity contribution >= 4 is 49.8 Å². The molecule has 6 aromatic rings. The van der Waals surface area contributed by atoms with Crippen LogP contribution >= 0.6 is 17.2 Å². The standard InChI is InChI=1S/C40H31NO3P2/c1-2-3-24-41-29-16-8-12-25(27-14-10-20-33-39(27)45-35-22-6-4-18-31(35)42-33)37(29)44-38-26(13-9-17-30(38)41)28-15-11-21-34-40(28)46-36-23-7-5-19-32(36)43-34/h4-23,45-46H,2-3,24H2,1H3. The van der Waals surface area contributed by atoms with E-state index in [1.54, 1.807) is 0 Å². The molecule has 0 bridgehead atoms. The highest BCUT2D eigenvalue weighted by molar-refractivity contribution is 7.57. The predicted molar refractivity (Wildman–Crippen MR) is 194 cm³/mol. The first-order valence-corrected chi connectivity index (χ1v) is 17.8. The Hall–Kier alpha value is -4.62. The van der Waals surface area contributed by atoms with Gasteiger partial charge in [-0.25, -0.2) is 0 Å². The van der Waals surface area contributed by atoms with E-state index >= 15 is 0 Å². The number of anilines is 2. The number of para-hydroxylation sites is 4. The minimum absolute atomic E-state index is 0.495. The van der Waals surface area contributed by atoms with Gasteiger partial charge in [0.05, 0.1) is 11.4 Å². The quantitative estimate of drug-likeness (QED) is 0.176. The van der Waals surface area contributed by atoms with Crippen LogP contribution in [-0.4, -0.2) is 6.54 Å². The van der Waals surface area contributed by atoms with Crippen LogP contribution in [0.1, 0.15) is 19.8 Å². The lowest BCUT2D eigenvalue weighted by Crippen LogP contribution is -2.24. The number of nitrogens with zero attached hydrogens (tertiary/aromatic N) is 1. The van der Waals surface area contributed by atoms with Crippen LogP contribution in [-0.2, 0) is 0 Å². The van der Waals surface area contributed by atoms with Crippen molar-refractivity contribution in [3.05, 3.63) is 121 Å². The van der Waals surface area contributed by atoms with Crippen LogP contribution in [0.25, 0.3) is 22.3 Å². The van der Waals surface area contributed by atoms with Gasteiger partial charge in [-0.2, -0.15) is 0 Å². The number of unbranched alkanes of at least 4 members (excludes halogenated alkanes) is 1. The summed E-state index contributed by atoms with van der Waals surface area (Å²) in [4.78, 5) is 2.46. The molecule has 4 nitrogen and oxygen atoms in total. The van der Waals surface area contributed by atoms with E-state index in [4.69, 9.17) is 14.2 Å². The van der Waals surface area contributed by atoms with Crippen LogP contribution in [0.5, 0.6) is 34.5 Å². The summed E-state index contributed by atoms with van der Waals surface area (Å²) < 4.78 is 20.0. The molecule has 46 heavy (non-hydrogen) atoms. The Morgan fingerprint density at radius 3 is 1.46 bits per heavy atom. The van der Waals surface area contributed by atoms with Gasteiger partial charge in [-0.3, -0.25) is 0 Å². The molecule has 0 saturated carbocycles. The molecule has 224 valence electrons. The van der Waals surface area contributed by atoms with E-state index in [0.717, 1.165) is 87.5 Å². The fourth-order valence-corrected chi connectivity index (χ4v) is 9.30. The fraction of sp³-hybridized carbons (Fsp3) is 0.100. The monoisotopic (exact) mass is 635 g/mol. The van der Waals surface area contributed by atoms with Crippen molar-refractivity contribution in [2.45, 2.75) is 19.8 Å². The number of hydrogen-bond donors (Lipinski definition) is 0. The van der Waals surface area contributed by atoms with Gasteiger partial charge in [0.2, 0.25) is 0 Å². The van der Waals surface area contributed by atoms with Crippen LogP contribution in [0.2, 0.25) is 0 Å². The second-order valence-corrected chi connectivity index (χ2v) is 14.3. The lowest BCUT2D eigenvalue weighted by atomic mass is 9.98. The molecule has 0 radical (unpaired) electrons. The molecule has 2 atom stereocenters. The lowest BCUT2D eigenvalue weighted by Gasteiger charge is -2.35. The van der Waals surface area contributed by atoms with E-state index in [2.05, 4.69) is 121 Å². The minimum atomic E-state index is 0.495. The first-order chi connectivity index (χ1) is 22.8. The highest BCUT2D eigenvalue weighted by Crippen LogP contribution is 2.55. The zero-order chi connectivity index (χ0) is 30.6. The van der Waals surface area contributed by atoms with Gasteiger partial charge in [-0.1, -0.05) is 115 Å². The summed E-state index contributed by atoms with van der Waals surface area (Å²) in [5, 5.41) is 4.88. The zero-order valence-corrected chi connectivity index (χ0v) is 27.3. The SMILES string of the molecule is CCCCN1c2cccc(-c3cccc4c3Pc3ccccc3O4)c2Oc2c(-c3cccc4c3Pc3ccccc3O4)cccc21. The number of rotatable bonds is 5. The van der Waals surface area contributed by atoms with Crippen LogP contribution in [0.15, 0.2) is 121 Å². The van der Waals surface area contributed by atoms with Gasteiger partial charge in [0.1, 0.15) is 23.0 Å². The molecule has 0 saturated heterocycles. The van der Waals surface area contributed by atoms with E-state index in [1.807, 2.05) is 12.1 Å². The topological polar surface area (TPSA) is 30.9 Å². The van der Waals surface area contributed by atoms with Crippen molar-refractivity contribution in [1.82, 2.24) is 0 Å². The number of hydrogen-bond acceptors (Lipinski definition) is 4. The average molecular weight is 636 g/mol. The molecule has 6 aromatic carbocycles. The maximum atomic E-state index is 7.16. The zero-order valence-electron chi connectivity index (χ0n) is 25.3. The Morgan fingerprint density at radius 2 is 0.935 bits per heavy atom. The molecule has 0 aliphatic carbocycles. The maximum absolute atomic E-state index is 7.16. The van der Waals surface area contributed by atoms with E-state index in [9.17, 15) is 0 Å². The van der Waals surface area contributed by atoms with Crippen molar-refractivity contribution in [1.29, 1.82) is 0 Å². The molecule has 3 aliphatic heterocycles. The Bertz CT molecular complexity index is 2010. The summed E-state index contributed by atoms with van der Waals surface area (Å²) in [7, 11) is 0.990. The van der Waals surface area contributed by atoms with Gasteiger partial charge in [0.15, 0.2) is 11.5 Å². The van der Waals surface area contributed by atoms with Gasteiger partial charge in [0, 0.05) is 38.9 Å². The summed E-state index contributed by atoms with van der Waals surface area (Å²) >= 11 is 0. The molecular weight excluding hydrogens is 604 g/mol. The molecule has 3 aliphatic rings. The van der Waals surface area contributed by atoms with E-state index in [-0.39, 0.29) is 0 Å². The third-order valence-corrected chi connectivity index (χ3v) is 11.8. The van der Waals surface area contributed by atoms with E-state index in [0.29, 0.717) is 17.2 Å². The predicted octanol–water partition coefficient (Wildman–Crippen LogP) is 9.53. The summed E-state index contributed by atoms with van der Waals surface area (Å²) in [6.07, 6.45) is 2.18. The highest BCUT2D eigenvalue weighted by Gasteiger charge is 2.32. The molecule has 0 amide bonds. The lowest BCUT2D eigenvalue weighted by molar-refractivity contribution is 0.475. The normalized spacial score (nSPS) is 14.5. The first kappa shape index (κ1) is 27.7. The van der Waals surface area contributed by atoms with Crippen LogP contribution in [0, 0.1) is 0 Å². The Labute approximate surface area is 272 Å². The average Bonchev–Trinajstić information content (AvgIpc) is 3.10. The third-order valence-electron chi connectivity index (χ3n) is 8.88. The molecule has 3 heterocycles. The van der Waals surface area contributed by atoms with Crippen molar-refractivity contribution in [3.8, 4) is 56.8 Å². The fourth-order valence-electron chi connectivity index (χ4n) is 6.67. The smallest absolute Gasteiger partial charge is 0.159 e. The van der Waals surface area contributed by atoms with Crippen LogP contribution in [0.3, 0.4) is 0 Å². The molecule has 9 rings (SSSR count). The molecule has 0 fully saturated rings. The van der Waals surface area contributed by atoms with Gasteiger partial charge < -0.3 is 19.1 Å². The molecule has 0 aromatic heterocycles. The van der Waals surface area contributed by atoms with Gasteiger partial charge in [-0.05, 0) is 53.9 Å². The third kappa shape index (κ3) is 4.51. The molecule has 0 spiro atoms. The first-order valence-electron chi connectivity index (χ1n) is 15.8. The van der Waals surface area contributed by atoms with E-state index < -0.39 is 0 Å². The maximum Gasteiger partial charge on any atom is 0.159 e. The van der Waals surface area contributed by atoms with Crippen LogP contribution in [0.4, 0.5) is 11.4 Å². The second-order valence-electron chi connectivity index (χ2n) is 11.7.